The number of carbonyl (C=O) groups is 1. The Morgan fingerprint density at radius 1 is 1.67 bits per heavy atom. The standard InChI is InChI=1S/C12H20N4OS/c1-3-16-11(8(13)7-14-16)12(17)15-9-5-4-6-10(9)18-2/h7,9-10H,3-6,13H2,1-2H3,(H,15,17). The van der Waals surface area contributed by atoms with Crippen LogP contribution in [0.4, 0.5) is 5.69 Å². The monoisotopic (exact) mass is 268 g/mol. The molecule has 6 heteroatoms. The van der Waals surface area contributed by atoms with E-state index in [2.05, 4.69) is 16.7 Å². The molecule has 1 amide bonds. The van der Waals surface area contributed by atoms with Crippen molar-refractivity contribution in [1.29, 1.82) is 0 Å². The van der Waals surface area contributed by atoms with Gasteiger partial charge in [0.2, 0.25) is 0 Å². The van der Waals surface area contributed by atoms with Crippen molar-refractivity contribution >= 4 is 23.4 Å². The molecule has 0 aromatic carbocycles. The molecule has 0 saturated heterocycles. The third-order valence-corrected chi connectivity index (χ3v) is 4.62. The summed E-state index contributed by atoms with van der Waals surface area (Å²) in [6, 6.07) is 0.257. The van der Waals surface area contributed by atoms with Crippen molar-refractivity contribution < 1.29 is 4.79 Å². The first-order valence-corrected chi connectivity index (χ1v) is 7.61. The first-order chi connectivity index (χ1) is 8.67. The summed E-state index contributed by atoms with van der Waals surface area (Å²) in [5.74, 6) is -0.0993. The molecule has 2 atom stereocenters. The minimum atomic E-state index is -0.0993. The molecular formula is C12H20N4OS. The fourth-order valence-electron chi connectivity index (χ4n) is 2.50. The zero-order chi connectivity index (χ0) is 13.1. The van der Waals surface area contributed by atoms with Crippen LogP contribution in [-0.4, -0.2) is 33.2 Å². The molecule has 2 unspecified atom stereocenters. The summed E-state index contributed by atoms with van der Waals surface area (Å²) in [6.07, 6.45) is 7.05. The average molecular weight is 268 g/mol. The van der Waals surface area contributed by atoms with Gasteiger partial charge in [-0.05, 0) is 26.0 Å². The molecule has 5 nitrogen and oxygen atoms in total. The summed E-state index contributed by atoms with van der Waals surface area (Å²) < 4.78 is 1.65. The van der Waals surface area contributed by atoms with E-state index in [4.69, 9.17) is 5.73 Å². The third kappa shape index (κ3) is 2.48. The van der Waals surface area contributed by atoms with Crippen LogP contribution in [0.1, 0.15) is 36.7 Å². The Morgan fingerprint density at radius 3 is 3.11 bits per heavy atom. The molecule has 18 heavy (non-hydrogen) atoms. The Kier molecular flexibility index (Phi) is 4.16. The number of anilines is 1. The van der Waals surface area contributed by atoms with Gasteiger partial charge in [0.05, 0.1) is 11.9 Å². The van der Waals surface area contributed by atoms with Crippen molar-refractivity contribution in [3.8, 4) is 0 Å². The summed E-state index contributed by atoms with van der Waals surface area (Å²) >= 11 is 1.83. The maximum atomic E-state index is 12.3. The molecule has 0 radical (unpaired) electrons. The molecule has 2 rings (SSSR count). The van der Waals surface area contributed by atoms with E-state index < -0.39 is 0 Å². The van der Waals surface area contributed by atoms with Gasteiger partial charge in [0.1, 0.15) is 5.69 Å². The van der Waals surface area contributed by atoms with E-state index in [1.165, 1.54) is 12.8 Å². The summed E-state index contributed by atoms with van der Waals surface area (Å²) in [4.78, 5) is 12.3. The lowest BCUT2D eigenvalue weighted by Gasteiger charge is -2.19. The van der Waals surface area contributed by atoms with Crippen molar-refractivity contribution in [3.05, 3.63) is 11.9 Å². The highest BCUT2D eigenvalue weighted by molar-refractivity contribution is 7.99. The molecule has 0 bridgehead atoms. The van der Waals surface area contributed by atoms with Crippen LogP contribution in [0.2, 0.25) is 0 Å². The number of hydrogen-bond acceptors (Lipinski definition) is 4. The first-order valence-electron chi connectivity index (χ1n) is 6.32. The van der Waals surface area contributed by atoms with Gasteiger partial charge in [-0.3, -0.25) is 9.48 Å². The molecule has 1 aliphatic rings. The van der Waals surface area contributed by atoms with E-state index in [1.54, 1.807) is 10.9 Å². The van der Waals surface area contributed by atoms with Crippen LogP contribution in [0.5, 0.6) is 0 Å². The lowest BCUT2D eigenvalue weighted by Crippen LogP contribution is -2.39. The second-order valence-electron chi connectivity index (χ2n) is 4.55. The molecule has 1 aliphatic carbocycles. The Labute approximate surface area is 111 Å². The van der Waals surface area contributed by atoms with Crippen molar-refractivity contribution in [2.75, 3.05) is 12.0 Å². The van der Waals surface area contributed by atoms with E-state index in [0.29, 0.717) is 23.2 Å². The van der Waals surface area contributed by atoms with Gasteiger partial charge >= 0.3 is 0 Å². The Bertz CT molecular complexity index is 432. The molecule has 0 spiro atoms. The summed E-state index contributed by atoms with van der Waals surface area (Å²) in [5.41, 5.74) is 6.75. The zero-order valence-electron chi connectivity index (χ0n) is 10.8. The highest BCUT2D eigenvalue weighted by atomic mass is 32.2. The summed E-state index contributed by atoms with van der Waals surface area (Å²) in [7, 11) is 0. The van der Waals surface area contributed by atoms with Gasteiger partial charge in [0.25, 0.3) is 5.91 Å². The van der Waals surface area contributed by atoms with E-state index in [0.717, 1.165) is 6.42 Å². The van der Waals surface area contributed by atoms with Gasteiger partial charge in [-0.25, -0.2) is 0 Å². The van der Waals surface area contributed by atoms with Crippen molar-refractivity contribution in [2.24, 2.45) is 0 Å². The number of nitrogens with two attached hydrogens (primary N) is 1. The largest absolute Gasteiger partial charge is 0.396 e. The molecule has 1 aromatic heterocycles. The molecular weight excluding hydrogens is 248 g/mol. The van der Waals surface area contributed by atoms with Crippen molar-refractivity contribution in [2.45, 2.75) is 44.0 Å². The molecule has 0 aliphatic heterocycles. The molecule has 1 saturated carbocycles. The highest BCUT2D eigenvalue weighted by Gasteiger charge is 2.29. The predicted molar refractivity (Wildman–Crippen MR) is 74.7 cm³/mol. The number of carbonyl (C=O) groups excluding carboxylic acids is 1. The lowest BCUT2D eigenvalue weighted by atomic mass is 10.2. The van der Waals surface area contributed by atoms with Gasteiger partial charge in [0, 0.05) is 17.8 Å². The van der Waals surface area contributed by atoms with Crippen molar-refractivity contribution in [3.63, 3.8) is 0 Å². The predicted octanol–water partition coefficient (Wildman–Crippen LogP) is 1.50. The number of nitrogens with one attached hydrogen (secondary N) is 1. The number of aromatic nitrogens is 2. The Balaban J connectivity index is 2.09. The summed E-state index contributed by atoms with van der Waals surface area (Å²) in [5, 5.41) is 7.71. The maximum Gasteiger partial charge on any atom is 0.271 e. The lowest BCUT2D eigenvalue weighted by molar-refractivity contribution is 0.0929. The number of hydrogen-bond donors (Lipinski definition) is 2. The number of nitrogen functional groups attached to an aromatic ring is 1. The minimum Gasteiger partial charge on any atom is -0.396 e. The van der Waals surface area contributed by atoms with E-state index in [-0.39, 0.29) is 11.9 Å². The van der Waals surface area contributed by atoms with Crippen LogP contribution in [0.25, 0.3) is 0 Å². The minimum absolute atomic E-state index is 0.0993. The van der Waals surface area contributed by atoms with Crippen LogP contribution in [0.3, 0.4) is 0 Å². The topological polar surface area (TPSA) is 72.9 Å². The van der Waals surface area contributed by atoms with Crippen LogP contribution in [-0.2, 0) is 6.54 Å². The van der Waals surface area contributed by atoms with Crippen LogP contribution in [0.15, 0.2) is 6.20 Å². The van der Waals surface area contributed by atoms with Crippen LogP contribution in [0, 0.1) is 0 Å². The van der Waals surface area contributed by atoms with Gasteiger partial charge < -0.3 is 11.1 Å². The quantitative estimate of drug-likeness (QED) is 0.868. The average Bonchev–Trinajstić information content (AvgIpc) is 2.95. The number of amides is 1. The van der Waals surface area contributed by atoms with E-state index >= 15 is 0 Å². The zero-order valence-corrected chi connectivity index (χ0v) is 11.7. The second kappa shape index (κ2) is 5.65. The number of aryl methyl sites for hydroxylation is 1. The van der Waals surface area contributed by atoms with Gasteiger partial charge in [-0.1, -0.05) is 6.42 Å². The Morgan fingerprint density at radius 2 is 2.44 bits per heavy atom. The smallest absolute Gasteiger partial charge is 0.271 e. The Hall–Kier alpha value is -1.17. The van der Waals surface area contributed by atoms with E-state index in [9.17, 15) is 4.79 Å². The highest BCUT2D eigenvalue weighted by Crippen LogP contribution is 2.28. The van der Waals surface area contributed by atoms with Gasteiger partial charge in [-0.15, -0.1) is 0 Å². The van der Waals surface area contributed by atoms with Crippen LogP contribution >= 0.6 is 11.8 Å². The fourth-order valence-corrected chi connectivity index (χ4v) is 3.43. The summed E-state index contributed by atoms with van der Waals surface area (Å²) in [6.45, 7) is 2.60. The third-order valence-electron chi connectivity index (χ3n) is 3.45. The second-order valence-corrected chi connectivity index (χ2v) is 5.63. The molecule has 100 valence electrons. The molecule has 3 N–H and O–H groups in total. The normalized spacial score (nSPS) is 23.2. The SMILES string of the molecule is CCn1ncc(N)c1C(=O)NC1CCCC1SC. The number of rotatable bonds is 4. The van der Waals surface area contributed by atoms with E-state index in [1.807, 2.05) is 18.7 Å². The molecule has 1 aromatic rings. The number of thioether (sulfide) groups is 1. The first kappa shape index (κ1) is 13.3. The van der Waals surface area contributed by atoms with Gasteiger partial charge in [0.15, 0.2) is 0 Å². The maximum absolute atomic E-state index is 12.3. The van der Waals surface area contributed by atoms with Crippen molar-refractivity contribution in [1.82, 2.24) is 15.1 Å². The molecule has 1 heterocycles. The fraction of sp³-hybridized carbons (Fsp3) is 0.667. The van der Waals surface area contributed by atoms with Crippen LogP contribution < -0.4 is 11.1 Å². The van der Waals surface area contributed by atoms with Gasteiger partial charge in [-0.2, -0.15) is 16.9 Å². The molecule has 1 fully saturated rings. The number of nitrogens with zero attached hydrogens (tertiary/aromatic N) is 2.